The topological polar surface area (TPSA) is 275 Å². The van der Waals surface area contributed by atoms with Crippen molar-refractivity contribution in [3.63, 3.8) is 0 Å². The number of rotatable bonds is 16. The summed E-state index contributed by atoms with van der Waals surface area (Å²) in [6, 6.07) is 30.4. The lowest BCUT2D eigenvalue weighted by atomic mass is 10.1. The van der Waals surface area contributed by atoms with Gasteiger partial charge in [0.15, 0.2) is 5.75 Å². The zero-order valence-corrected chi connectivity index (χ0v) is 40.7. The van der Waals surface area contributed by atoms with Crippen molar-refractivity contribution in [3.05, 3.63) is 132 Å². The standard InChI is InChI=1S/C33H29N5O5S.C14H17NO7S3/c1-5-22-11-14-27(30(17-22)43-4)35-36-28-15-21(3)29(16-20(28)2)37-38-32-31(44(40,41)42)19-23-18-25(12-13-26(23)33(32)39)34-24-9-7-6-8-10-24;1-15-12-8-11-9(6-14(12)23)5-10(25(19,20)21)7-13(11)22-3-2-4-24(16,17)18/h5-19,34,39H,1H2,2-4H3,(H,40,41,42);5-8,15,23H,2-4H2,1H3,(H,16,17,18)(H,19,20,21). The molecule has 0 aromatic heterocycles. The molecule has 0 heterocycles. The Labute approximate surface area is 404 Å². The Morgan fingerprint density at radius 1 is 0.696 bits per heavy atom. The van der Waals surface area contributed by atoms with Crippen LogP contribution in [0, 0.1) is 13.8 Å². The number of nitrogens with zero attached hydrogens (tertiary/aromatic N) is 4. The Morgan fingerprint density at radius 3 is 1.96 bits per heavy atom. The summed E-state index contributed by atoms with van der Waals surface area (Å²) in [5.41, 5.74) is 5.64. The molecule has 0 saturated heterocycles. The van der Waals surface area contributed by atoms with Gasteiger partial charge in [0.05, 0.1) is 35.7 Å². The first-order valence-corrected chi connectivity index (χ1v) is 25.4. The van der Waals surface area contributed by atoms with Crippen LogP contribution in [0.2, 0.25) is 0 Å². The largest absolute Gasteiger partial charge is 0.505 e. The van der Waals surface area contributed by atoms with Crippen molar-refractivity contribution in [2.24, 2.45) is 20.5 Å². The van der Waals surface area contributed by atoms with E-state index in [1.165, 1.54) is 12.1 Å². The van der Waals surface area contributed by atoms with Gasteiger partial charge in [-0.3, -0.25) is 13.7 Å². The molecule has 360 valence electrons. The van der Waals surface area contributed by atoms with Gasteiger partial charge in [0, 0.05) is 45.8 Å². The van der Waals surface area contributed by atoms with E-state index in [9.17, 15) is 39.5 Å². The number of benzene rings is 7. The molecule has 6 N–H and O–H groups in total. The number of azo groups is 2. The number of aryl methyl sites for hydroxylation is 2. The van der Waals surface area contributed by atoms with Crippen LogP contribution in [-0.2, 0) is 30.4 Å². The van der Waals surface area contributed by atoms with Gasteiger partial charge in [0.25, 0.3) is 30.4 Å². The number of fused-ring (bicyclic) bond motifs is 2. The zero-order valence-electron chi connectivity index (χ0n) is 37.3. The van der Waals surface area contributed by atoms with Gasteiger partial charge in [0.2, 0.25) is 0 Å². The van der Waals surface area contributed by atoms with Crippen LogP contribution in [-0.4, -0.2) is 70.5 Å². The van der Waals surface area contributed by atoms with Gasteiger partial charge >= 0.3 is 0 Å². The van der Waals surface area contributed by atoms with E-state index in [1.807, 2.05) is 49.4 Å². The van der Waals surface area contributed by atoms with Crippen LogP contribution >= 0.6 is 12.6 Å². The number of ether oxygens (including phenoxy) is 2. The highest BCUT2D eigenvalue weighted by Gasteiger charge is 2.23. The van der Waals surface area contributed by atoms with Crippen molar-refractivity contribution in [2.75, 3.05) is 37.2 Å². The molecule has 0 amide bonds. The highest BCUT2D eigenvalue weighted by molar-refractivity contribution is 7.86. The summed E-state index contributed by atoms with van der Waals surface area (Å²) in [5.74, 6) is -0.197. The maximum atomic E-state index is 12.4. The number of hydrogen-bond donors (Lipinski definition) is 7. The van der Waals surface area contributed by atoms with Gasteiger partial charge in [-0.2, -0.15) is 35.5 Å². The molecule has 0 fully saturated rings. The van der Waals surface area contributed by atoms with Crippen LogP contribution in [0.3, 0.4) is 0 Å². The van der Waals surface area contributed by atoms with Gasteiger partial charge in [-0.05, 0) is 127 Å². The summed E-state index contributed by atoms with van der Waals surface area (Å²) >= 11 is 4.30. The fraction of sp³-hybridized carbons (Fsp3) is 0.149. The fourth-order valence-corrected chi connectivity index (χ4v) is 8.75. The van der Waals surface area contributed by atoms with Crippen LogP contribution in [0.1, 0.15) is 23.1 Å². The number of hydrogen-bond acceptors (Lipinski definition) is 16. The van der Waals surface area contributed by atoms with E-state index < -0.39 is 46.8 Å². The minimum atomic E-state index is -4.77. The minimum absolute atomic E-state index is 0.0139. The maximum Gasteiger partial charge on any atom is 0.296 e. The van der Waals surface area contributed by atoms with E-state index in [1.54, 1.807) is 75.7 Å². The lowest BCUT2D eigenvalue weighted by Gasteiger charge is -2.13. The van der Waals surface area contributed by atoms with Crippen molar-refractivity contribution in [1.29, 1.82) is 0 Å². The first-order chi connectivity index (χ1) is 32.6. The summed E-state index contributed by atoms with van der Waals surface area (Å²) in [7, 11) is -10.1. The van der Waals surface area contributed by atoms with E-state index in [0.29, 0.717) is 66.2 Å². The molecule has 0 aliphatic rings. The molecule has 0 spiro atoms. The Balaban J connectivity index is 0.000000265. The third-order valence-electron chi connectivity index (χ3n) is 10.2. The Morgan fingerprint density at radius 2 is 1.35 bits per heavy atom. The van der Waals surface area contributed by atoms with Crippen molar-refractivity contribution in [3.8, 4) is 17.2 Å². The van der Waals surface area contributed by atoms with Crippen LogP contribution in [0.4, 0.5) is 39.8 Å². The van der Waals surface area contributed by atoms with E-state index in [-0.39, 0.29) is 29.4 Å². The van der Waals surface area contributed by atoms with E-state index in [4.69, 9.17) is 14.0 Å². The molecular formula is C47H46N6O12S4. The third-order valence-corrected chi connectivity index (χ3v) is 13.1. The summed E-state index contributed by atoms with van der Waals surface area (Å²) < 4.78 is 108. The normalized spacial score (nSPS) is 12.0. The number of para-hydroxylation sites is 1. The summed E-state index contributed by atoms with van der Waals surface area (Å²) in [6.07, 6.45) is 1.72. The van der Waals surface area contributed by atoms with E-state index in [0.717, 1.165) is 22.9 Å². The van der Waals surface area contributed by atoms with Gasteiger partial charge in [0.1, 0.15) is 27.8 Å². The molecule has 0 aliphatic heterocycles. The number of methoxy groups -OCH3 is 1. The molecule has 0 bridgehead atoms. The average Bonchev–Trinajstić information content (AvgIpc) is 3.29. The van der Waals surface area contributed by atoms with Crippen molar-refractivity contribution < 1.29 is 53.5 Å². The molecule has 7 rings (SSSR count). The molecule has 0 radical (unpaired) electrons. The summed E-state index contributed by atoms with van der Waals surface area (Å²) in [5, 5.41) is 36.0. The van der Waals surface area contributed by atoms with Crippen LogP contribution in [0.5, 0.6) is 17.2 Å². The van der Waals surface area contributed by atoms with Gasteiger partial charge < -0.3 is 25.2 Å². The summed E-state index contributed by atoms with van der Waals surface area (Å²) in [4.78, 5) is -0.353. The lowest BCUT2D eigenvalue weighted by Crippen LogP contribution is -2.09. The monoisotopic (exact) mass is 1010 g/mol. The average molecular weight is 1020 g/mol. The van der Waals surface area contributed by atoms with Gasteiger partial charge in [-0.15, -0.1) is 22.9 Å². The van der Waals surface area contributed by atoms with Crippen LogP contribution in [0.15, 0.2) is 151 Å². The predicted molar refractivity (Wildman–Crippen MR) is 270 cm³/mol. The maximum absolute atomic E-state index is 12.4. The highest BCUT2D eigenvalue weighted by Crippen LogP contribution is 2.43. The molecule has 69 heavy (non-hydrogen) atoms. The zero-order chi connectivity index (χ0) is 50.3. The number of anilines is 3. The lowest BCUT2D eigenvalue weighted by molar-refractivity contribution is 0.319. The Hall–Kier alpha value is -6.92. The number of thiol groups is 1. The molecule has 18 nitrogen and oxygen atoms in total. The second-order valence-electron chi connectivity index (χ2n) is 15.2. The number of phenolic OH excluding ortho intramolecular Hbond substituents is 1. The first-order valence-electron chi connectivity index (χ1n) is 20.5. The summed E-state index contributed by atoms with van der Waals surface area (Å²) in [6.45, 7) is 7.30. The molecule has 7 aromatic rings. The fourth-order valence-electron chi connectivity index (χ4n) is 6.76. The van der Waals surface area contributed by atoms with E-state index >= 15 is 0 Å². The second kappa shape index (κ2) is 21.6. The van der Waals surface area contributed by atoms with Gasteiger partial charge in [-0.25, -0.2) is 0 Å². The smallest absolute Gasteiger partial charge is 0.296 e. The molecule has 0 saturated carbocycles. The number of aromatic hydroxyl groups is 1. The molecule has 22 heteroatoms. The minimum Gasteiger partial charge on any atom is -0.505 e. The molecular weight excluding hydrogens is 969 g/mol. The molecule has 0 aliphatic carbocycles. The van der Waals surface area contributed by atoms with E-state index in [2.05, 4.69) is 50.3 Å². The Bertz CT molecular complexity index is 3500. The van der Waals surface area contributed by atoms with Gasteiger partial charge in [-0.1, -0.05) is 36.9 Å². The molecule has 0 unspecified atom stereocenters. The van der Waals surface area contributed by atoms with Crippen LogP contribution in [0.25, 0.3) is 27.6 Å². The first kappa shape index (κ1) is 51.5. The molecule has 7 aromatic carbocycles. The van der Waals surface area contributed by atoms with Crippen molar-refractivity contribution in [2.45, 2.75) is 35.0 Å². The quantitative estimate of drug-likeness (QED) is 0.0205. The third kappa shape index (κ3) is 13.2. The SMILES string of the molecule is C=Cc1ccc(N=Nc2cc(C)c(N=Nc3c(S(=O)(=O)O)cc4cc(Nc5ccccc5)ccc4c3O)cc2C)c(OC)c1.CNc1cc2c(OCCCS(=O)(=O)O)cc(S(=O)(=O)O)cc2cc1S. The van der Waals surface area contributed by atoms with Crippen LogP contribution < -0.4 is 20.1 Å². The second-order valence-corrected chi connectivity index (χ2v) is 20.0. The van der Waals surface area contributed by atoms with Crippen molar-refractivity contribution in [1.82, 2.24) is 0 Å². The predicted octanol–water partition coefficient (Wildman–Crippen LogP) is 11.7. The number of phenols is 1. The Kier molecular flexibility index (Phi) is 16.1. The number of nitrogens with one attached hydrogen (secondary N) is 2. The molecule has 0 atom stereocenters. The highest BCUT2D eigenvalue weighted by atomic mass is 32.2. The van der Waals surface area contributed by atoms with Crippen molar-refractivity contribution >= 4 is 110 Å².